The van der Waals surface area contributed by atoms with Gasteiger partial charge in [-0.3, -0.25) is 24.0 Å². The maximum absolute atomic E-state index is 14.8. The molecule has 12 atom stereocenters. The summed E-state index contributed by atoms with van der Waals surface area (Å²) < 4.78 is 10.6. The van der Waals surface area contributed by atoms with Crippen molar-refractivity contribution in [2.45, 2.75) is 72.2 Å². The topological polar surface area (TPSA) is 448 Å². The summed E-state index contributed by atoms with van der Waals surface area (Å²) in [5, 5.41) is 186. The van der Waals surface area contributed by atoms with Crippen LogP contribution in [-0.2, 0) is 33.4 Å². The number of benzene rings is 2. The first kappa shape index (κ1) is 50.8. The highest BCUT2D eigenvalue weighted by atomic mass is 16.6. The van der Waals surface area contributed by atoms with Gasteiger partial charge in [0, 0.05) is 0 Å². The van der Waals surface area contributed by atoms with Crippen molar-refractivity contribution in [3.05, 3.63) is 117 Å². The number of phenols is 2. The third kappa shape index (κ3) is 8.37. The number of aromatic hydroxyl groups is 2. The molecule has 2 aromatic rings. The van der Waals surface area contributed by atoms with Crippen molar-refractivity contribution in [2.24, 2.45) is 5.92 Å². The van der Waals surface area contributed by atoms with Gasteiger partial charge in [0.1, 0.15) is 113 Å². The molecule has 24 nitrogen and oxygen atoms in total. The van der Waals surface area contributed by atoms with Crippen LogP contribution in [0.1, 0.15) is 11.1 Å². The van der Waals surface area contributed by atoms with Crippen molar-refractivity contribution in [3.63, 3.8) is 0 Å². The van der Waals surface area contributed by atoms with Crippen LogP contribution in [0.2, 0.25) is 0 Å². The first-order chi connectivity index (χ1) is 31.9. The normalized spacial score (nSPS) is 34.8. The van der Waals surface area contributed by atoms with Gasteiger partial charge < -0.3 is 96.3 Å². The molecule has 2 aliphatic carbocycles. The van der Waals surface area contributed by atoms with Gasteiger partial charge in [-0.25, -0.2) is 0 Å². The Kier molecular flexibility index (Phi) is 14.3. The zero-order valence-corrected chi connectivity index (χ0v) is 34.7. The zero-order chi connectivity index (χ0) is 50.5. The fourth-order valence-electron chi connectivity index (χ4n) is 8.20. The summed E-state index contributed by atoms with van der Waals surface area (Å²) in [4.78, 5) is 72.1. The van der Waals surface area contributed by atoms with E-state index >= 15 is 0 Å². The lowest BCUT2D eigenvalue weighted by atomic mass is 9.64. The van der Waals surface area contributed by atoms with Crippen molar-refractivity contribution in [3.8, 4) is 11.5 Å². The van der Waals surface area contributed by atoms with E-state index in [0.717, 1.165) is 12.2 Å². The number of Topliss-reactive ketones (excluding diaryl/α,β-unsaturated/α-hetero) is 4. The van der Waals surface area contributed by atoms with Crippen LogP contribution in [0.15, 0.2) is 106 Å². The molecule has 0 radical (unpaired) electrons. The maximum atomic E-state index is 14.8. The highest BCUT2D eigenvalue weighted by molar-refractivity contribution is 6.32. The number of aliphatic carboxylic acids is 1. The van der Waals surface area contributed by atoms with E-state index < -0.39 is 166 Å². The molecule has 12 unspecified atom stereocenters. The average Bonchev–Trinajstić information content (AvgIpc) is 3.30. The number of carbonyl (C=O) groups is 5. The minimum Gasteiger partial charge on any atom is -0.508 e. The first-order valence-corrected chi connectivity index (χ1v) is 20.0. The lowest BCUT2D eigenvalue weighted by Crippen LogP contribution is -2.72. The molecule has 2 fully saturated rings. The lowest BCUT2D eigenvalue weighted by molar-refractivity contribution is -0.260. The Morgan fingerprint density at radius 1 is 0.529 bits per heavy atom. The van der Waals surface area contributed by atoms with Crippen molar-refractivity contribution in [1.82, 2.24) is 0 Å². The summed E-state index contributed by atoms with van der Waals surface area (Å²) in [5.74, 6) is -22.2. The van der Waals surface area contributed by atoms with Gasteiger partial charge in [-0.05, 0) is 47.5 Å². The number of carboxylic acid groups (broad SMARTS) is 1. The molecule has 68 heavy (non-hydrogen) atoms. The van der Waals surface area contributed by atoms with E-state index in [1.807, 2.05) is 0 Å². The summed E-state index contributed by atoms with van der Waals surface area (Å²) >= 11 is 0. The van der Waals surface area contributed by atoms with Crippen LogP contribution in [0.25, 0.3) is 12.2 Å². The van der Waals surface area contributed by atoms with E-state index in [9.17, 15) is 111 Å². The number of carbonyl (C=O) groups excluding carboxylic acids is 4. The number of carboxylic acids is 1. The maximum Gasteiger partial charge on any atom is 0.316 e. The predicted octanol–water partition coefficient (Wildman–Crippen LogP) is -3.78. The molecule has 2 aromatic carbocycles. The van der Waals surface area contributed by atoms with E-state index in [0.29, 0.717) is 12.2 Å². The molecule has 364 valence electrons. The van der Waals surface area contributed by atoms with Gasteiger partial charge in [-0.15, -0.1) is 0 Å². The summed E-state index contributed by atoms with van der Waals surface area (Å²) in [7, 11) is 0. The van der Waals surface area contributed by atoms with Crippen molar-refractivity contribution in [1.29, 1.82) is 0 Å². The number of rotatable bonds is 11. The second kappa shape index (κ2) is 19.2. The van der Waals surface area contributed by atoms with Crippen molar-refractivity contribution in [2.75, 3.05) is 13.2 Å². The molecule has 24 heteroatoms. The van der Waals surface area contributed by atoms with Gasteiger partial charge >= 0.3 is 5.97 Å². The second-order valence-electron chi connectivity index (χ2n) is 16.0. The van der Waals surface area contributed by atoms with Gasteiger partial charge in [0.15, 0.2) is 0 Å². The Morgan fingerprint density at radius 3 is 1.15 bits per heavy atom. The highest BCUT2D eigenvalue weighted by Gasteiger charge is 2.68. The lowest BCUT2D eigenvalue weighted by Gasteiger charge is -2.48. The quantitative estimate of drug-likeness (QED) is 0.0584. The average molecular weight is 957 g/mol. The van der Waals surface area contributed by atoms with Crippen LogP contribution in [0.4, 0.5) is 0 Å². The molecule has 2 saturated heterocycles. The number of aliphatic hydroxyl groups is 14. The van der Waals surface area contributed by atoms with Gasteiger partial charge in [0.25, 0.3) is 0 Å². The smallest absolute Gasteiger partial charge is 0.316 e. The molecule has 17 N–H and O–H groups in total. The third-order valence-corrected chi connectivity index (χ3v) is 11.9. The SMILES string of the molecule is O=C(O)C(C1=C(O)C(=C(O)C=Cc2ccc(O)cc2)C(=O)C(O)(C2OC(CO)C(O)C(O)C2O)C1=O)C1=C(O)C(=C(O)C=Cc2ccc(O)cc2)C(=O)C(O)(C2OC(CO)C(O)C(O)C2O)C1=O. The fourth-order valence-corrected chi connectivity index (χ4v) is 8.20. The molecule has 0 bridgehead atoms. The van der Waals surface area contributed by atoms with Gasteiger partial charge in [0.2, 0.25) is 34.3 Å². The molecule has 6 rings (SSSR count). The largest absolute Gasteiger partial charge is 0.508 e. The number of hydrogen-bond donors (Lipinski definition) is 17. The minimum absolute atomic E-state index is 0.143. The molecule has 0 amide bonds. The molecule has 4 aliphatic rings. The van der Waals surface area contributed by atoms with Crippen LogP contribution in [0, 0.1) is 5.92 Å². The Labute approximate surface area is 381 Å². The summed E-state index contributed by atoms with van der Waals surface area (Å²) in [6.45, 7) is -2.51. The molecular formula is C44H44O24. The monoisotopic (exact) mass is 956 g/mol. The standard InChI is InChI=1S/C44H44O24/c45-13-21-28(51)32(55)34(57)40(67-21)43(65)36(59)23(19(49)11-5-15-1-7-17(47)8-2-15)30(53)26(38(43)61)25(42(63)64)27-31(54)24(20(50)12-6-16-3-9-18(48)10-4-16)37(60)44(66,39(27)62)41-35(58)33(56)29(52)22(14-46)68-41/h1-12,21-22,25,28-29,32-35,40-41,45-58,65-66H,13-14H2,(H,63,64). The van der Waals surface area contributed by atoms with E-state index in [2.05, 4.69) is 0 Å². The second-order valence-corrected chi connectivity index (χ2v) is 16.0. The molecule has 2 aliphatic heterocycles. The number of phenolic OH excluding ortho intramolecular Hbond substituents is 2. The Bertz CT molecular complexity index is 2400. The third-order valence-electron chi connectivity index (χ3n) is 11.9. The first-order valence-electron chi connectivity index (χ1n) is 20.0. The van der Waals surface area contributed by atoms with Gasteiger partial charge in [-0.1, -0.05) is 36.4 Å². The molecule has 0 aromatic heterocycles. The molecular weight excluding hydrogens is 912 g/mol. The number of allylic oxidation sites excluding steroid dienone is 4. The van der Waals surface area contributed by atoms with E-state index in [1.54, 1.807) is 0 Å². The number of hydrogen-bond acceptors (Lipinski definition) is 23. The van der Waals surface area contributed by atoms with E-state index in [-0.39, 0.29) is 22.6 Å². The zero-order valence-electron chi connectivity index (χ0n) is 34.7. The number of ether oxygens (including phenoxy) is 2. The Hall–Kier alpha value is -6.65. The van der Waals surface area contributed by atoms with Crippen molar-refractivity contribution >= 4 is 41.3 Å². The van der Waals surface area contributed by atoms with Gasteiger partial charge in [-0.2, -0.15) is 0 Å². The molecule has 2 heterocycles. The Balaban J connectivity index is 1.68. The van der Waals surface area contributed by atoms with E-state index in [1.165, 1.54) is 48.5 Å². The van der Waals surface area contributed by atoms with Gasteiger partial charge in [0.05, 0.1) is 24.4 Å². The van der Waals surface area contributed by atoms with Crippen molar-refractivity contribution < 1.29 is 120 Å². The van der Waals surface area contributed by atoms with Crippen LogP contribution in [-0.4, -0.2) is 201 Å². The van der Waals surface area contributed by atoms with Crippen LogP contribution in [0.3, 0.4) is 0 Å². The molecule has 0 spiro atoms. The number of ketones is 4. The summed E-state index contributed by atoms with van der Waals surface area (Å²) in [5.41, 5.74) is -15.2. The minimum atomic E-state index is -4.19. The summed E-state index contributed by atoms with van der Waals surface area (Å²) in [6, 6.07) is 9.68. The van der Waals surface area contributed by atoms with Crippen LogP contribution < -0.4 is 0 Å². The predicted molar refractivity (Wildman–Crippen MR) is 221 cm³/mol. The fraction of sp³-hybridized carbons (Fsp3) is 0.341. The van der Waals surface area contributed by atoms with E-state index in [4.69, 9.17) is 9.47 Å². The molecule has 0 saturated carbocycles. The summed E-state index contributed by atoms with van der Waals surface area (Å²) in [6.07, 6.45) is -21.5. The van der Waals surface area contributed by atoms with Crippen LogP contribution >= 0.6 is 0 Å². The van der Waals surface area contributed by atoms with Crippen LogP contribution in [0.5, 0.6) is 11.5 Å². The highest BCUT2D eigenvalue weighted by Crippen LogP contribution is 2.47. The number of aliphatic hydroxyl groups excluding tert-OH is 12. The Morgan fingerprint density at radius 2 is 0.853 bits per heavy atom.